The summed E-state index contributed by atoms with van der Waals surface area (Å²) in [6, 6.07) is 14.0. The fraction of sp³-hybridized carbons (Fsp3) is 0.0500. The first-order valence-electron chi connectivity index (χ1n) is 8.10. The molecule has 2 heterocycles. The Bertz CT molecular complexity index is 1170. The molecule has 7 nitrogen and oxygen atoms in total. The van der Waals surface area contributed by atoms with Crippen molar-refractivity contribution in [2.24, 2.45) is 0 Å². The zero-order valence-corrected chi connectivity index (χ0v) is 14.3. The first-order chi connectivity index (χ1) is 13.2. The van der Waals surface area contributed by atoms with Crippen molar-refractivity contribution < 1.29 is 13.9 Å². The number of aromatic nitrogens is 2. The molecule has 0 aliphatic heterocycles. The van der Waals surface area contributed by atoms with Crippen LogP contribution in [0.5, 0.6) is 5.75 Å². The fourth-order valence-electron chi connectivity index (χ4n) is 2.86. The number of aromatic amines is 1. The first kappa shape index (κ1) is 16.4. The van der Waals surface area contributed by atoms with Gasteiger partial charge in [0, 0.05) is 16.6 Å². The average Bonchev–Trinajstić information content (AvgIpc) is 3.36. The number of nitrogens with zero attached hydrogens (tertiary/aromatic N) is 2. The predicted molar refractivity (Wildman–Crippen MR) is 99.5 cm³/mol. The second kappa shape index (κ2) is 6.69. The van der Waals surface area contributed by atoms with E-state index in [1.807, 2.05) is 24.3 Å². The number of ether oxygens (including phenoxy) is 1. The Kier molecular flexibility index (Phi) is 4.07. The van der Waals surface area contributed by atoms with E-state index in [0.717, 1.165) is 22.2 Å². The number of hydrogen-bond donors (Lipinski definition) is 2. The van der Waals surface area contributed by atoms with Crippen LogP contribution in [0.25, 0.3) is 22.2 Å². The Balaban J connectivity index is 1.67. The molecule has 0 unspecified atom stereocenters. The van der Waals surface area contributed by atoms with Crippen molar-refractivity contribution in [2.75, 3.05) is 12.4 Å². The molecule has 0 saturated carbocycles. The molecule has 132 valence electrons. The third-order valence-corrected chi connectivity index (χ3v) is 4.19. The Labute approximate surface area is 154 Å². The lowest BCUT2D eigenvalue weighted by atomic mass is 10.1. The number of H-pyrrole nitrogens is 1. The Morgan fingerprint density at radius 2 is 2.15 bits per heavy atom. The van der Waals surface area contributed by atoms with Gasteiger partial charge in [0.25, 0.3) is 5.91 Å². The molecular weight excluding hydrogens is 344 g/mol. The van der Waals surface area contributed by atoms with E-state index in [0.29, 0.717) is 22.6 Å². The van der Waals surface area contributed by atoms with Crippen LogP contribution in [0.1, 0.15) is 15.9 Å². The van der Waals surface area contributed by atoms with Crippen LogP contribution < -0.4 is 10.1 Å². The molecule has 0 fully saturated rings. The molecule has 0 radical (unpaired) electrons. The van der Waals surface area contributed by atoms with Crippen molar-refractivity contribution in [1.82, 2.24) is 10.2 Å². The number of carbonyl (C=O) groups is 1. The Morgan fingerprint density at radius 3 is 2.89 bits per heavy atom. The van der Waals surface area contributed by atoms with Crippen molar-refractivity contribution >= 4 is 22.5 Å². The van der Waals surface area contributed by atoms with Gasteiger partial charge in [0.1, 0.15) is 11.4 Å². The van der Waals surface area contributed by atoms with Gasteiger partial charge < -0.3 is 14.5 Å². The molecule has 2 aromatic carbocycles. The molecule has 0 aliphatic carbocycles. The van der Waals surface area contributed by atoms with Gasteiger partial charge in [-0.3, -0.25) is 9.89 Å². The second-order valence-electron chi connectivity index (χ2n) is 5.83. The largest absolute Gasteiger partial charge is 0.496 e. The lowest BCUT2D eigenvalue weighted by molar-refractivity contribution is 0.102. The van der Waals surface area contributed by atoms with Gasteiger partial charge in [0.05, 0.1) is 42.3 Å². The van der Waals surface area contributed by atoms with Gasteiger partial charge in [-0.2, -0.15) is 10.4 Å². The molecule has 7 heteroatoms. The number of carbonyl (C=O) groups excluding carboxylic acids is 1. The van der Waals surface area contributed by atoms with Crippen LogP contribution in [0, 0.1) is 11.3 Å². The summed E-state index contributed by atoms with van der Waals surface area (Å²) in [5.41, 5.74) is 3.82. The van der Waals surface area contributed by atoms with Crippen LogP contribution in [0.15, 0.2) is 59.4 Å². The normalized spacial score (nSPS) is 10.5. The second-order valence-corrected chi connectivity index (χ2v) is 5.83. The van der Waals surface area contributed by atoms with Crippen molar-refractivity contribution in [3.8, 4) is 23.1 Å². The molecule has 1 amide bonds. The number of furan rings is 1. The van der Waals surface area contributed by atoms with Crippen LogP contribution >= 0.6 is 0 Å². The number of benzene rings is 2. The topological polar surface area (TPSA) is 104 Å². The molecule has 4 rings (SSSR count). The predicted octanol–water partition coefficient (Wildman–Crippen LogP) is 3.96. The Morgan fingerprint density at radius 1 is 1.26 bits per heavy atom. The van der Waals surface area contributed by atoms with E-state index in [9.17, 15) is 4.79 Å². The number of amides is 1. The molecule has 4 aromatic rings. The summed E-state index contributed by atoms with van der Waals surface area (Å²) in [5, 5.41) is 20.0. The minimum absolute atomic E-state index is 0.330. The lowest BCUT2D eigenvalue weighted by Gasteiger charge is -2.10. The smallest absolute Gasteiger partial charge is 0.259 e. The lowest BCUT2D eigenvalue weighted by Crippen LogP contribution is -2.13. The number of rotatable bonds is 4. The zero-order valence-electron chi connectivity index (χ0n) is 14.3. The average molecular weight is 358 g/mol. The molecule has 2 aromatic heterocycles. The number of methoxy groups -OCH3 is 1. The maximum absolute atomic E-state index is 12.7. The van der Waals surface area contributed by atoms with Crippen LogP contribution in [-0.2, 0) is 0 Å². The van der Waals surface area contributed by atoms with E-state index in [4.69, 9.17) is 14.4 Å². The summed E-state index contributed by atoms with van der Waals surface area (Å²) in [4.78, 5) is 12.7. The van der Waals surface area contributed by atoms with Gasteiger partial charge in [-0.25, -0.2) is 0 Å². The van der Waals surface area contributed by atoms with Gasteiger partial charge in [-0.15, -0.1) is 0 Å². The summed E-state index contributed by atoms with van der Waals surface area (Å²) < 4.78 is 10.4. The molecule has 0 spiro atoms. The van der Waals surface area contributed by atoms with Crippen LogP contribution in [-0.4, -0.2) is 23.2 Å². The van der Waals surface area contributed by atoms with E-state index in [-0.39, 0.29) is 5.91 Å². The monoisotopic (exact) mass is 358 g/mol. The minimum Gasteiger partial charge on any atom is -0.496 e. The van der Waals surface area contributed by atoms with Gasteiger partial charge >= 0.3 is 0 Å². The standard InChI is InChI=1S/C20H14N4O3/c1-26-18-8-12(10-21)2-4-15(18)20(25)22-14-3-5-17-16(9-14)19(24-23-17)13-6-7-27-11-13/h2-9,11H,1H3,(H,22,25)(H,23,24). The zero-order chi connectivity index (χ0) is 18.8. The molecule has 2 N–H and O–H groups in total. The summed E-state index contributed by atoms with van der Waals surface area (Å²) in [7, 11) is 1.46. The fourth-order valence-corrected chi connectivity index (χ4v) is 2.86. The number of anilines is 1. The quantitative estimate of drug-likeness (QED) is 0.575. The molecule has 27 heavy (non-hydrogen) atoms. The number of fused-ring (bicyclic) bond motifs is 1. The van der Waals surface area contributed by atoms with Crippen molar-refractivity contribution in [2.45, 2.75) is 0 Å². The van der Waals surface area contributed by atoms with Gasteiger partial charge in [-0.1, -0.05) is 0 Å². The summed E-state index contributed by atoms with van der Waals surface area (Å²) in [5.74, 6) is 0.0130. The Hall–Kier alpha value is -4.05. The molecule has 0 aliphatic rings. The van der Waals surface area contributed by atoms with E-state index < -0.39 is 0 Å². The van der Waals surface area contributed by atoms with Crippen molar-refractivity contribution in [3.63, 3.8) is 0 Å². The molecule has 0 atom stereocenters. The highest BCUT2D eigenvalue weighted by atomic mass is 16.5. The summed E-state index contributed by atoms with van der Waals surface area (Å²) in [6.45, 7) is 0. The number of nitrogens with one attached hydrogen (secondary N) is 2. The minimum atomic E-state index is -0.330. The van der Waals surface area contributed by atoms with Crippen molar-refractivity contribution in [3.05, 3.63) is 66.1 Å². The molecule has 0 saturated heterocycles. The van der Waals surface area contributed by atoms with Gasteiger partial charge in [0.2, 0.25) is 0 Å². The highest BCUT2D eigenvalue weighted by Gasteiger charge is 2.15. The van der Waals surface area contributed by atoms with Gasteiger partial charge in [-0.05, 0) is 42.5 Å². The number of nitriles is 1. The third kappa shape index (κ3) is 3.00. The maximum Gasteiger partial charge on any atom is 0.259 e. The summed E-state index contributed by atoms with van der Waals surface area (Å²) >= 11 is 0. The van der Waals surface area contributed by atoms with E-state index in [1.165, 1.54) is 13.2 Å². The van der Waals surface area contributed by atoms with E-state index in [2.05, 4.69) is 15.5 Å². The van der Waals surface area contributed by atoms with Crippen molar-refractivity contribution in [1.29, 1.82) is 5.26 Å². The van der Waals surface area contributed by atoms with Crippen LogP contribution in [0.4, 0.5) is 5.69 Å². The van der Waals surface area contributed by atoms with E-state index >= 15 is 0 Å². The third-order valence-electron chi connectivity index (χ3n) is 4.19. The highest BCUT2D eigenvalue weighted by molar-refractivity contribution is 6.07. The van der Waals surface area contributed by atoms with Gasteiger partial charge in [0.15, 0.2) is 0 Å². The first-order valence-corrected chi connectivity index (χ1v) is 8.10. The summed E-state index contributed by atoms with van der Waals surface area (Å²) in [6.07, 6.45) is 3.20. The molecular formula is C20H14N4O3. The maximum atomic E-state index is 12.7. The van der Waals surface area contributed by atoms with Crippen LogP contribution in [0.3, 0.4) is 0 Å². The highest BCUT2D eigenvalue weighted by Crippen LogP contribution is 2.29. The van der Waals surface area contributed by atoms with Crippen LogP contribution in [0.2, 0.25) is 0 Å². The molecule has 0 bridgehead atoms. The number of hydrogen-bond acceptors (Lipinski definition) is 5. The van der Waals surface area contributed by atoms with E-state index in [1.54, 1.807) is 30.7 Å². The SMILES string of the molecule is COc1cc(C#N)ccc1C(=O)Nc1ccc2[nH]nc(-c3ccoc3)c2c1.